The number of hydrogen-bond acceptors (Lipinski definition) is 4. The molecular formula is C17H19N3O4. The van der Waals surface area contributed by atoms with E-state index in [1.807, 2.05) is 31.2 Å². The Labute approximate surface area is 139 Å². The van der Waals surface area contributed by atoms with Crippen LogP contribution in [-0.2, 0) is 20.8 Å². The first kappa shape index (κ1) is 16.2. The molecule has 7 heteroatoms. The van der Waals surface area contributed by atoms with Crippen molar-refractivity contribution in [2.75, 3.05) is 11.4 Å². The molecule has 1 aromatic carbocycles. The van der Waals surface area contributed by atoms with E-state index in [2.05, 4.69) is 0 Å². The molecule has 0 radical (unpaired) electrons. The van der Waals surface area contributed by atoms with Crippen LogP contribution < -0.4 is 4.90 Å². The Morgan fingerprint density at radius 1 is 1.17 bits per heavy atom. The molecule has 7 nitrogen and oxygen atoms in total. The summed E-state index contributed by atoms with van der Waals surface area (Å²) in [5.74, 6) is -2.19. The van der Waals surface area contributed by atoms with E-state index in [1.165, 1.54) is 0 Å². The third-order valence-corrected chi connectivity index (χ3v) is 4.37. The Hall–Kier alpha value is -2.70. The number of benzene rings is 1. The van der Waals surface area contributed by atoms with Crippen molar-refractivity contribution in [3.05, 3.63) is 29.8 Å². The zero-order valence-electron chi connectivity index (χ0n) is 13.9. The fourth-order valence-corrected chi connectivity index (χ4v) is 3.27. The van der Waals surface area contributed by atoms with Crippen LogP contribution >= 0.6 is 0 Å². The second-order valence-electron chi connectivity index (χ2n) is 6.39. The molecule has 1 atom stereocenters. The number of imide groups is 2. The SMILES string of the molecule is CC(C)N1C(=O)C(=O)N(CC(=O)N2c3ccccc3C[C@H]2C)C1=O. The van der Waals surface area contributed by atoms with Gasteiger partial charge in [0.15, 0.2) is 0 Å². The van der Waals surface area contributed by atoms with Gasteiger partial charge in [-0.1, -0.05) is 18.2 Å². The van der Waals surface area contributed by atoms with Gasteiger partial charge >= 0.3 is 17.8 Å². The minimum atomic E-state index is -0.942. The second kappa shape index (κ2) is 5.74. The summed E-state index contributed by atoms with van der Waals surface area (Å²) >= 11 is 0. The number of fused-ring (bicyclic) bond motifs is 1. The molecule has 2 heterocycles. The highest BCUT2D eigenvalue weighted by atomic mass is 16.2. The topological polar surface area (TPSA) is 78.0 Å². The van der Waals surface area contributed by atoms with E-state index < -0.39 is 30.4 Å². The summed E-state index contributed by atoms with van der Waals surface area (Å²) in [6, 6.07) is 6.33. The third-order valence-electron chi connectivity index (χ3n) is 4.37. The van der Waals surface area contributed by atoms with Crippen molar-refractivity contribution in [3.8, 4) is 0 Å². The first-order valence-electron chi connectivity index (χ1n) is 7.92. The second-order valence-corrected chi connectivity index (χ2v) is 6.39. The van der Waals surface area contributed by atoms with E-state index >= 15 is 0 Å². The van der Waals surface area contributed by atoms with Gasteiger partial charge in [0.1, 0.15) is 6.54 Å². The van der Waals surface area contributed by atoms with Crippen molar-refractivity contribution in [2.45, 2.75) is 39.3 Å². The van der Waals surface area contributed by atoms with E-state index in [9.17, 15) is 19.2 Å². The lowest BCUT2D eigenvalue weighted by atomic mass is 10.1. The maximum atomic E-state index is 12.7. The van der Waals surface area contributed by atoms with Gasteiger partial charge < -0.3 is 4.90 Å². The van der Waals surface area contributed by atoms with Gasteiger partial charge in [-0.3, -0.25) is 19.3 Å². The zero-order chi connectivity index (χ0) is 17.6. The van der Waals surface area contributed by atoms with Crippen LogP contribution in [0.1, 0.15) is 26.3 Å². The van der Waals surface area contributed by atoms with Crippen LogP contribution in [0.3, 0.4) is 0 Å². The number of urea groups is 1. The highest BCUT2D eigenvalue weighted by Crippen LogP contribution is 2.32. The molecule has 126 valence electrons. The maximum Gasteiger partial charge on any atom is 0.334 e. The van der Waals surface area contributed by atoms with Gasteiger partial charge in [0.25, 0.3) is 0 Å². The van der Waals surface area contributed by atoms with Crippen molar-refractivity contribution in [3.63, 3.8) is 0 Å². The third kappa shape index (κ3) is 2.36. The number of rotatable bonds is 3. The number of carbonyl (C=O) groups is 4. The standard InChI is InChI=1S/C17H19N3O4/c1-10(2)19-16(23)15(22)18(17(19)24)9-14(21)20-11(3)8-12-6-4-5-7-13(12)20/h4-7,10-11H,8-9H2,1-3H3/t11-/m1/s1. The molecule has 0 N–H and O–H groups in total. The van der Waals surface area contributed by atoms with E-state index in [4.69, 9.17) is 0 Å². The van der Waals surface area contributed by atoms with Crippen molar-refractivity contribution < 1.29 is 19.2 Å². The molecule has 2 aliphatic heterocycles. The molecule has 24 heavy (non-hydrogen) atoms. The highest BCUT2D eigenvalue weighted by molar-refractivity contribution is 6.45. The molecule has 2 aliphatic rings. The smallest absolute Gasteiger partial charge is 0.307 e. The zero-order valence-corrected chi connectivity index (χ0v) is 13.9. The molecule has 0 aromatic heterocycles. The fraction of sp³-hybridized carbons (Fsp3) is 0.412. The van der Waals surface area contributed by atoms with Crippen LogP contribution in [0.4, 0.5) is 10.5 Å². The Kier molecular flexibility index (Phi) is 3.87. The first-order chi connectivity index (χ1) is 11.3. The summed E-state index contributed by atoms with van der Waals surface area (Å²) in [5.41, 5.74) is 1.85. The number of para-hydroxylation sites is 1. The Morgan fingerprint density at radius 2 is 1.83 bits per heavy atom. The van der Waals surface area contributed by atoms with Crippen molar-refractivity contribution in [2.24, 2.45) is 0 Å². The summed E-state index contributed by atoms with van der Waals surface area (Å²) < 4.78 is 0. The molecule has 0 spiro atoms. The molecule has 0 saturated carbocycles. The lowest BCUT2D eigenvalue weighted by molar-refractivity contribution is -0.144. The fourth-order valence-electron chi connectivity index (χ4n) is 3.27. The van der Waals surface area contributed by atoms with Gasteiger partial charge in [0, 0.05) is 17.8 Å². The molecule has 3 rings (SSSR count). The average Bonchev–Trinajstić information content (AvgIpc) is 2.96. The van der Waals surface area contributed by atoms with Crippen LogP contribution in [0.2, 0.25) is 0 Å². The minimum Gasteiger partial charge on any atom is -0.307 e. The average molecular weight is 329 g/mol. The van der Waals surface area contributed by atoms with Crippen molar-refractivity contribution >= 4 is 29.4 Å². The van der Waals surface area contributed by atoms with E-state index in [0.717, 1.165) is 27.5 Å². The van der Waals surface area contributed by atoms with Crippen LogP contribution in [0.25, 0.3) is 0 Å². The monoisotopic (exact) mass is 329 g/mol. The molecule has 5 amide bonds. The van der Waals surface area contributed by atoms with Crippen LogP contribution in [-0.4, -0.2) is 52.2 Å². The predicted octanol–water partition coefficient (Wildman–Crippen LogP) is 1.16. The normalized spacial score (nSPS) is 20.4. The van der Waals surface area contributed by atoms with E-state index in [1.54, 1.807) is 18.7 Å². The van der Waals surface area contributed by atoms with Crippen molar-refractivity contribution in [1.29, 1.82) is 0 Å². The summed E-state index contributed by atoms with van der Waals surface area (Å²) in [4.78, 5) is 52.2. The molecule has 1 aromatic rings. The number of hydrogen-bond donors (Lipinski definition) is 0. The van der Waals surface area contributed by atoms with Crippen LogP contribution in [0, 0.1) is 0 Å². The molecule has 0 aliphatic carbocycles. The summed E-state index contributed by atoms with van der Waals surface area (Å²) in [7, 11) is 0. The largest absolute Gasteiger partial charge is 0.334 e. The van der Waals surface area contributed by atoms with E-state index in [0.29, 0.717) is 0 Å². The summed E-state index contributed by atoms with van der Waals surface area (Å²) in [5, 5.41) is 0. The quantitative estimate of drug-likeness (QED) is 0.616. The molecular weight excluding hydrogens is 310 g/mol. The minimum absolute atomic E-state index is 0.0559. The number of nitrogens with zero attached hydrogens (tertiary/aromatic N) is 3. The van der Waals surface area contributed by atoms with Gasteiger partial charge in [-0.2, -0.15) is 0 Å². The Bertz CT molecular complexity index is 743. The Morgan fingerprint density at radius 3 is 2.46 bits per heavy atom. The van der Waals surface area contributed by atoms with Crippen molar-refractivity contribution in [1.82, 2.24) is 9.80 Å². The summed E-state index contributed by atoms with van der Waals surface area (Å²) in [6.07, 6.45) is 0.723. The number of carbonyl (C=O) groups excluding carboxylic acids is 4. The first-order valence-corrected chi connectivity index (χ1v) is 7.92. The summed E-state index contributed by atoms with van der Waals surface area (Å²) in [6.45, 7) is 4.78. The molecule has 0 unspecified atom stereocenters. The van der Waals surface area contributed by atoms with Crippen LogP contribution in [0.5, 0.6) is 0 Å². The van der Waals surface area contributed by atoms with Gasteiger partial charge in [-0.05, 0) is 38.8 Å². The van der Waals surface area contributed by atoms with Gasteiger partial charge in [0.2, 0.25) is 5.91 Å². The van der Waals surface area contributed by atoms with Gasteiger partial charge in [-0.15, -0.1) is 0 Å². The van der Waals surface area contributed by atoms with Gasteiger partial charge in [-0.25, -0.2) is 9.69 Å². The number of amides is 5. The molecule has 0 bridgehead atoms. The Balaban J connectivity index is 1.82. The maximum absolute atomic E-state index is 12.7. The molecule has 1 fully saturated rings. The molecule has 1 saturated heterocycles. The number of anilines is 1. The highest BCUT2D eigenvalue weighted by Gasteiger charge is 2.47. The van der Waals surface area contributed by atoms with Gasteiger partial charge in [0.05, 0.1) is 0 Å². The van der Waals surface area contributed by atoms with Crippen LogP contribution in [0.15, 0.2) is 24.3 Å². The van der Waals surface area contributed by atoms with E-state index in [-0.39, 0.29) is 11.9 Å². The lowest BCUT2D eigenvalue weighted by Crippen LogP contribution is -2.46. The lowest BCUT2D eigenvalue weighted by Gasteiger charge is -2.25. The predicted molar refractivity (Wildman–Crippen MR) is 86.2 cm³/mol.